The van der Waals surface area contributed by atoms with E-state index in [-0.39, 0.29) is 47.0 Å². The molecule has 4 aliphatic carbocycles. The van der Waals surface area contributed by atoms with Crippen LogP contribution in [-0.4, -0.2) is 107 Å². The second-order valence-electron chi connectivity index (χ2n) is 21.6. The van der Waals surface area contributed by atoms with E-state index in [0.717, 1.165) is 44.1 Å². The number of benzene rings is 1. The summed E-state index contributed by atoms with van der Waals surface area (Å²) in [4.78, 5) is 69.3. The summed E-state index contributed by atoms with van der Waals surface area (Å²) in [5, 5.41) is 28.9. The summed E-state index contributed by atoms with van der Waals surface area (Å²) in [5.74, 6) is -2.02. The number of ether oxygens (including phenoxy) is 2. The van der Waals surface area contributed by atoms with Crippen LogP contribution < -0.4 is 21.7 Å². The van der Waals surface area contributed by atoms with E-state index in [1.54, 1.807) is 11.8 Å². The second kappa shape index (κ2) is 18.7. The molecule has 0 radical (unpaired) electrons. The van der Waals surface area contributed by atoms with Crippen LogP contribution in [0.3, 0.4) is 0 Å². The number of carboxylic acids is 1. The highest BCUT2D eigenvalue weighted by Crippen LogP contribution is 2.71. The quantitative estimate of drug-likeness (QED) is 0.155. The molecule has 0 unspecified atom stereocenters. The first-order valence-corrected chi connectivity index (χ1v) is 23.9. The van der Waals surface area contributed by atoms with E-state index < -0.39 is 78.7 Å². The molecule has 7 rings (SSSR count). The topological polar surface area (TPSA) is 210 Å². The zero-order valence-corrected chi connectivity index (χ0v) is 38.6. The number of aliphatic hydroxyl groups excluding tert-OH is 1. The predicted molar refractivity (Wildman–Crippen MR) is 236 cm³/mol. The van der Waals surface area contributed by atoms with Crippen molar-refractivity contribution in [2.45, 2.75) is 161 Å². The van der Waals surface area contributed by atoms with Crippen LogP contribution in [-0.2, 0) is 39.9 Å². The van der Waals surface area contributed by atoms with E-state index in [9.17, 15) is 29.4 Å². The van der Waals surface area contributed by atoms with Gasteiger partial charge in [-0.2, -0.15) is 0 Å². The van der Waals surface area contributed by atoms with Crippen molar-refractivity contribution in [3.63, 3.8) is 0 Å². The van der Waals surface area contributed by atoms with Gasteiger partial charge in [-0.15, -0.1) is 0 Å². The number of aliphatic carboxylic acids is 1. The monoisotopic (exact) mass is 878 g/mol. The molecule has 1 aromatic rings. The molecule has 1 aromatic carbocycles. The first kappa shape index (κ1) is 47.4. The number of amides is 4. The fourth-order valence-corrected chi connectivity index (χ4v) is 14.0. The highest BCUT2D eigenvalue weighted by Gasteiger charge is 2.70. The molecule has 7 N–H and O–H groups in total. The maximum atomic E-state index is 15.0. The van der Waals surface area contributed by atoms with E-state index >= 15 is 4.79 Å². The van der Waals surface area contributed by atoms with Gasteiger partial charge < -0.3 is 46.3 Å². The SMILES string of the molecule is CC(C)C[C@H](NC(=O)[C@@H](N)Cc1ccccc1)C(=O)N[C@@H](C)C(=O)N(CC(=O)NCC(=O)O)[C@H]1C[C@@H]2[C@H](CC[C@]3(C)[C@@H]4[C@H](C[C@@H]23)O[C@]2(CC[C@@H](C)CO2)[C@H]4C)[C@@]2(C)CC[C@H](O)C[C@H]12. The molecule has 350 valence electrons. The first-order chi connectivity index (χ1) is 29.8. The second-order valence-corrected chi connectivity index (χ2v) is 21.6. The number of carboxylic acid groups (broad SMARTS) is 1. The molecule has 6 fully saturated rings. The van der Waals surface area contributed by atoms with Gasteiger partial charge in [0.15, 0.2) is 5.79 Å². The summed E-state index contributed by atoms with van der Waals surface area (Å²) in [6, 6.07) is 5.97. The molecular weight excluding hydrogens is 803 g/mol. The van der Waals surface area contributed by atoms with Gasteiger partial charge in [0.1, 0.15) is 18.6 Å². The first-order valence-electron chi connectivity index (χ1n) is 23.9. The third-order valence-corrected chi connectivity index (χ3v) is 17.1. The van der Waals surface area contributed by atoms with Gasteiger partial charge in [-0.25, -0.2) is 0 Å². The summed E-state index contributed by atoms with van der Waals surface area (Å²) >= 11 is 0. The maximum Gasteiger partial charge on any atom is 0.322 e. The summed E-state index contributed by atoms with van der Waals surface area (Å²) < 4.78 is 13.6. The standard InChI is InChI=1S/C49H75N5O9/c1-27(2)19-38(53-44(59)37(50)20-31-11-9-8-10-12-31)45(60)52-30(5)46(61)54(25-41(56)51-24-42(57)58)39-22-33-34(47(6)16-14-32(55)21-36(39)47)15-17-48(7)35(33)23-40-43(48)29(4)49(63-40)18-13-28(3)26-62-49/h8-12,27-30,32-40,43,55H,13-26,50H2,1-7H3,(H,51,56)(H,52,60)(H,53,59)(H,57,58)/t28-,29+,30+,32+,33-,34+,35+,36-,37+,38+,39+,40+,43+,47-,48+,49-/m1/s1. The average Bonchev–Trinajstić information content (AvgIpc) is 3.68. The minimum absolute atomic E-state index is 0.0163. The smallest absolute Gasteiger partial charge is 0.322 e. The Kier molecular flexibility index (Phi) is 14.1. The molecule has 2 saturated heterocycles. The van der Waals surface area contributed by atoms with Crippen molar-refractivity contribution >= 4 is 29.6 Å². The highest BCUT2D eigenvalue weighted by atomic mass is 16.7. The number of nitrogens with one attached hydrogen (secondary N) is 3. The lowest BCUT2D eigenvalue weighted by molar-refractivity contribution is -0.273. The molecule has 16 atom stereocenters. The Morgan fingerprint density at radius 3 is 2.27 bits per heavy atom. The van der Waals surface area contributed by atoms with Crippen LogP contribution in [0.4, 0.5) is 0 Å². The maximum absolute atomic E-state index is 15.0. The minimum atomic E-state index is -1.20. The Morgan fingerprint density at radius 2 is 1.60 bits per heavy atom. The molecule has 63 heavy (non-hydrogen) atoms. The van der Waals surface area contributed by atoms with Crippen molar-refractivity contribution in [2.75, 3.05) is 19.7 Å². The molecule has 14 heteroatoms. The van der Waals surface area contributed by atoms with E-state index in [1.807, 2.05) is 44.2 Å². The van der Waals surface area contributed by atoms with Crippen molar-refractivity contribution in [1.82, 2.24) is 20.9 Å². The normalized spacial score (nSPS) is 38.3. The Hall–Kier alpha value is -3.59. The predicted octanol–water partition coefficient (Wildman–Crippen LogP) is 4.41. The van der Waals surface area contributed by atoms with Crippen LogP contribution in [0.2, 0.25) is 0 Å². The number of fused-ring (bicyclic) bond motifs is 7. The number of hydrogen-bond donors (Lipinski definition) is 6. The Bertz CT molecular complexity index is 1840. The number of rotatable bonds is 14. The van der Waals surface area contributed by atoms with Gasteiger partial charge >= 0.3 is 5.97 Å². The number of nitrogens with two attached hydrogens (primary N) is 1. The minimum Gasteiger partial charge on any atom is -0.480 e. The zero-order valence-electron chi connectivity index (χ0n) is 38.6. The van der Waals surface area contributed by atoms with E-state index in [2.05, 4.69) is 43.6 Å². The van der Waals surface area contributed by atoms with Gasteiger partial charge in [0.25, 0.3) is 0 Å². The van der Waals surface area contributed by atoms with Crippen molar-refractivity contribution in [1.29, 1.82) is 0 Å². The lowest BCUT2D eigenvalue weighted by Gasteiger charge is -2.64. The van der Waals surface area contributed by atoms with Crippen LogP contribution in [0.5, 0.6) is 0 Å². The van der Waals surface area contributed by atoms with Gasteiger partial charge in [0, 0.05) is 18.4 Å². The lowest BCUT2D eigenvalue weighted by Crippen LogP contribution is -2.65. The van der Waals surface area contributed by atoms with Crippen LogP contribution >= 0.6 is 0 Å². The number of aliphatic hydroxyl groups is 1. The number of nitrogens with zero attached hydrogens (tertiary/aromatic N) is 1. The number of hydrogen-bond acceptors (Lipinski definition) is 9. The molecule has 2 heterocycles. The number of carbonyl (C=O) groups excluding carboxylic acids is 4. The molecule has 0 aromatic heterocycles. The third-order valence-electron chi connectivity index (χ3n) is 17.1. The molecule has 1 spiro atoms. The van der Waals surface area contributed by atoms with Gasteiger partial charge in [0.2, 0.25) is 23.6 Å². The summed E-state index contributed by atoms with van der Waals surface area (Å²) in [6.45, 7) is 14.5. The molecule has 4 saturated carbocycles. The molecule has 0 bridgehead atoms. The van der Waals surface area contributed by atoms with Crippen LogP contribution in [0.15, 0.2) is 30.3 Å². The lowest BCUT2D eigenvalue weighted by atomic mass is 9.43. The fourth-order valence-electron chi connectivity index (χ4n) is 14.0. The van der Waals surface area contributed by atoms with Crippen molar-refractivity contribution in [2.24, 2.45) is 63.9 Å². The van der Waals surface area contributed by atoms with Crippen LogP contribution in [0.25, 0.3) is 0 Å². The van der Waals surface area contributed by atoms with Crippen molar-refractivity contribution in [3.05, 3.63) is 35.9 Å². The largest absolute Gasteiger partial charge is 0.480 e. The van der Waals surface area contributed by atoms with Crippen LogP contribution in [0, 0.1) is 58.2 Å². The summed E-state index contributed by atoms with van der Waals surface area (Å²) in [5.41, 5.74) is 6.95. The molecular formula is C49H75N5O9. The average molecular weight is 878 g/mol. The molecule has 2 aliphatic heterocycles. The highest BCUT2D eigenvalue weighted by molar-refractivity contribution is 5.94. The summed E-state index contributed by atoms with van der Waals surface area (Å²) in [6.07, 6.45) is 7.64. The van der Waals surface area contributed by atoms with Gasteiger partial charge in [-0.05, 0) is 129 Å². The Labute approximate surface area is 373 Å². The third kappa shape index (κ3) is 9.43. The van der Waals surface area contributed by atoms with E-state index in [0.29, 0.717) is 56.0 Å². The summed E-state index contributed by atoms with van der Waals surface area (Å²) in [7, 11) is 0. The fraction of sp³-hybridized carbons (Fsp3) is 0.776. The van der Waals surface area contributed by atoms with E-state index in [4.69, 9.17) is 15.2 Å². The van der Waals surface area contributed by atoms with E-state index in [1.165, 1.54) is 0 Å². The Balaban J connectivity index is 1.15. The van der Waals surface area contributed by atoms with Gasteiger partial charge in [0.05, 0.1) is 31.4 Å². The van der Waals surface area contributed by atoms with Crippen molar-refractivity contribution in [3.8, 4) is 0 Å². The zero-order chi connectivity index (χ0) is 45.6. The molecule has 4 amide bonds. The van der Waals surface area contributed by atoms with Gasteiger partial charge in [-0.1, -0.05) is 71.9 Å². The molecule has 6 aliphatic rings. The van der Waals surface area contributed by atoms with Gasteiger partial charge in [-0.3, -0.25) is 24.0 Å². The van der Waals surface area contributed by atoms with Crippen LogP contribution in [0.1, 0.15) is 118 Å². The van der Waals surface area contributed by atoms with Crippen molar-refractivity contribution < 1.29 is 43.7 Å². The Morgan fingerprint density at radius 1 is 0.889 bits per heavy atom. The number of carbonyl (C=O) groups is 5. The molecule has 14 nitrogen and oxygen atoms in total.